The Labute approximate surface area is 181 Å². The van der Waals surface area contributed by atoms with Crippen LogP contribution in [-0.2, 0) is 4.43 Å². The van der Waals surface area contributed by atoms with Crippen LogP contribution in [0.2, 0.25) is 26.2 Å². The fourth-order valence-corrected chi connectivity index (χ4v) is 7.36. The van der Waals surface area contributed by atoms with E-state index in [2.05, 4.69) is 126 Å². The molecule has 0 saturated carbocycles. The molecule has 0 aliphatic heterocycles. The molecular weight excluding hydrogens is 384 g/mol. The highest BCUT2D eigenvalue weighted by atomic mass is 28.4. The molecule has 29 heavy (non-hydrogen) atoms. The van der Waals surface area contributed by atoms with Gasteiger partial charge in [0.25, 0.3) is 8.32 Å². The Morgan fingerprint density at radius 1 is 0.828 bits per heavy atom. The largest absolute Gasteiger partial charge is 0.405 e. The topological polar surface area (TPSA) is 9.23 Å². The van der Waals surface area contributed by atoms with E-state index < -0.39 is 16.4 Å². The summed E-state index contributed by atoms with van der Waals surface area (Å²) in [4.78, 5) is 0. The molecule has 156 valence electrons. The first kappa shape index (κ1) is 23.7. The van der Waals surface area contributed by atoms with Crippen LogP contribution < -0.4 is 10.4 Å². The molecule has 0 aliphatic carbocycles. The highest BCUT2D eigenvalue weighted by Gasteiger charge is 2.40. The fraction of sp³-hybridized carbons (Fsp3) is 0.462. The fourth-order valence-electron chi connectivity index (χ4n) is 3.40. The van der Waals surface area contributed by atoms with Gasteiger partial charge in [0.05, 0.1) is 6.10 Å². The summed E-state index contributed by atoms with van der Waals surface area (Å²) in [5.74, 6) is 3.87. The summed E-state index contributed by atoms with van der Waals surface area (Å²) < 4.78 is 7.16. The summed E-state index contributed by atoms with van der Waals surface area (Å²) in [5, 5.41) is 2.64. The van der Waals surface area contributed by atoms with Gasteiger partial charge in [0.2, 0.25) is 0 Å². The molecule has 0 saturated heterocycles. The van der Waals surface area contributed by atoms with Crippen LogP contribution in [0.3, 0.4) is 0 Å². The van der Waals surface area contributed by atoms with Crippen LogP contribution in [0.15, 0.2) is 60.7 Å². The molecule has 0 bridgehead atoms. The third kappa shape index (κ3) is 6.99. The summed E-state index contributed by atoms with van der Waals surface area (Å²) in [6.07, 6.45) is 1.11. The molecule has 0 fully saturated rings. The van der Waals surface area contributed by atoms with E-state index in [1.54, 1.807) is 0 Å². The number of rotatable bonds is 6. The Morgan fingerprint density at radius 2 is 1.28 bits per heavy atom. The molecule has 0 spiro atoms. The van der Waals surface area contributed by atoms with Crippen LogP contribution in [0.1, 0.15) is 34.1 Å². The summed E-state index contributed by atoms with van der Waals surface area (Å²) in [6, 6.07) is 21.6. The lowest BCUT2D eigenvalue weighted by molar-refractivity contribution is 0.0683. The smallest absolute Gasteiger partial charge is 0.253 e. The van der Waals surface area contributed by atoms with Crippen LogP contribution >= 0.6 is 0 Å². The monoisotopic (exact) mass is 422 g/mol. The normalized spacial score (nSPS) is 14.6. The third-order valence-corrected chi connectivity index (χ3v) is 9.77. The summed E-state index contributed by atoms with van der Waals surface area (Å²) in [6.45, 7) is 18.4. The van der Waals surface area contributed by atoms with Gasteiger partial charge in [-0.3, -0.25) is 0 Å². The van der Waals surface area contributed by atoms with Crippen molar-refractivity contribution in [1.82, 2.24) is 0 Å². The minimum absolute atomic E-state index is 0.0485. The van der Waals surface area contributed by atoms with Gasteiger partial charge in [-0.15, -0.1) is 11.5 Å². The molecule has 3 heteroatoms. The number of hydrogen-bond acceptors (Lipinski definition) is 1. The van der Waals surface area contributed by atoms with Crippen molar-refractivity contribution >= 4 is 26.8 Å². The molecule has 2 aromatic carbocycles. The van der Waals surface area contributed by atoms with E-state index >= 15 is 0 Å². The van der Waals surface area contributed by atoms with Crippen molar-refractivity contribution in [1.29, 1.82) is 0 Å². The molecule has 0 unspecified atom stereocenters. The van der Waals surface area contributed by atoms with Crippen molar-refractivity contribution in [3.8, 4) is 11.5 Å². The second-order valence-electron chi connectivity index (χ2n) is 10.4. The zero-order chi connectivity index (χ0) is 21.7. The van der Waals surface area contributed by atoms with Crippen molar-refractivity contribution in [3.05, 3.63) is 60.7 Å². The van der Waals surface area contributed by atoms with Gasteiger partial charge >= 0.3 is 0 Å². The lowest BCUT2D eigenvalue weighted by atomic mass is 9.84. The van der Waals surface area contributed by atoms with Crippen molar-refractivity contribution in [3.63, 3.8) is 0 Å². The molecule has 0 amide bonds. The molecule has 2 atom stereocenters. The third-order valence-electron chi connectivity index (χ3n) is 5.25. The van der Waals surface area contributed by atoms with Crippen molar-refractivity contribution in [2.24, 2.45) is 11.3 Å². The second kappa shape index (κ2) is 9.47. The second-order valence-corrected chi connectivity index (χ2v) is 18.6. The molecule has 0 aromatic heterocycles. The van der Waals surface area contributed by atoms with E-state index in [-0.39, 0.29) is 11.5 Å². The minimum Gasteiger partial charge on any atom is -0.405 e. The maximum atomic E-state index is 7.16. The van der Waals surface area contributed by atoms with Crippen LogP contribution in [0.25, 0.3) is 0 Å². The molecule has 0 aliphatic rings. The lowest BCUT2D eigenvalue weighted by Crippen LogP contribution is -2.61. The first-order chi connectivity index (χ1) is 13.4. The van der Waals surface area contributed by atoms with E-state index in [1.807, 2.05) is 0 Å². The van der Waals surface area contributed by atoms with E-state index in [4.69, 9.17) is 4.43 Å². The quantitative estimate of drug-likeness (QED) is 0.428. The van der Waals surface area contributed by atoms with Crippen LogP contribution in [0.4, 0.5) is 0 Å². The zero-order valence-corrected chi connectivity index (χ0v) is 21.5. The predicted molar refractivity (Wildman–Crippen MR) is 133 cm³/mol. The summed E-state index contributed by atoms with van der Waals surface area (Å²) >= 11 is 0. The predicted octanol–water partition coefficient (Wildman–Crippen LogP) is 5.71. The average Bonchev–Trinajstić information content (AvgIpc) is 2.66. The Bertz CT molecular complexity index is 781. The first-order valence-corrected chi connectivity index (χ1v) is 16.6. The number of benzene rings is 2. The van der Waals surface area contributed by atoms with E-state index in [0.29, 0.717) is 5.92 Å². The number of hydrogen-bond donors (Lipinski definition) is 0. The van der Waals surface area contributed by atoms with Crippen molar-refractivity contribution in [2.45, 2.75) is 66.4 Å². The Balaban J connectivity index is 2.40. The standard InChI is InChI=1S/C26H38OSi2/c1-22(19-20-28(5,6)7)21-25(26(2,3)4)27-29(8,23-15-11-9-12-16-23)24-17-13-10-14-18-24/h9-18,22,25H,21H2,1-8H3/t22-,25+/m1/s1. The SMILES string of the molecule is C[C@H](C#C[Si](C)(C)C)C[C@H](O[Si](C)(c1ccccc1)c1ccccc1)C(C)(C)C. The molecule has 0 radical (unpaired) electrons. The van der Waals surface area contributed by atoms with E-state index in [1.165, 1.54) is 10.4 Å². The Hall–Kier alpha value is -1.61. The van der Waals surface area contributed by atoms with Crippen LogP contribution in [0, 0.1) is 22.8 Å². The van der Waals surface area contributed by atoms with Crippen LogP contribution in [0.5, 0.6) is 0 Å². The van der Waals surface area contributed by atoms with Gasteiger partial charge in [-0.05, 0) is 28.8 Å². The summed E-state index contributed by atoms with van der Waals surface area (Å²) in [5.41, 5.74) is 3.60. The first-order valence-electron chi connectivity index (χ1n) is 10.7. The van der Waals surface area contributed by atoms with Crippen LogP contribution in [-0.4, -0.2) is 22.5 Å². The van der Waals surface area contributed by atoms with E-state index in [0.717, 1.165) is 6.42 Å². The van der Waals surface area contributed by atoms with Crippen molar-refractivity contribution < 1.29 is 4.43 Å². The maximum absolute atomic E-state index is 7.16. The van der Waals surface area contributed by atoms with Gasteiger partial charge in [0, 0.05) is 5.92 Å². The highest BCUT2D eigenvalue weighted by molar-refractivity contribution is 6.96. The molecule has 1 nitrogen and oxygen atoms in total. The Kier molecular flexibility index (Phi) is 7.73. The molecule has 0 heterocycles. The van der Waals surface area contributed by atoms with Gasteiger partial charge in [-0.2, -0.15) is 0 Å². The summed E-state index contributed by atoms with van der Waals surface area (Å²) in [7, 11) is -3.70. The molecular formula is C26H38OSi2. The van der Waals surface area contributed by atoms with Crippen molar-refractivity contribution in [2.75, 3.05) is 0 Å². The lowest BCUT2D eigenvalue weighted by Gasteiger charge is -2.40. The zero-order valence-electron chi connectivity index (χ0n) is 19.5. The highest BCUT2D eigenvalue weighted by Crippen LogP contribution is 2.30. The minimum atomic E-state index is -2.34. The van der Waals surface area contributed by atoms with Gasteiger partial charge in [-0.1, -0.05) is 108 Å². The van der Waals surface area contributed by atoms with Gasteiger partial charge in [0.1, 0.15) is 8.07 Å². The van der Waals surface area contributed by atoms with E-state index in [9.17, 15) is 0 Å². The van der Waals surface area contributed by atoms with Gasteiger partial charge < -0.3 is 4.43 Å². The maximum Gasteiger partial charge on any atom is 0.253 e. The Morgan fingerprint density at radius 3 is 1.66 bits per heavy atom. The van der Waals surface area contributed by atoms with Gasteiger partial charge in [-0.25, -0.2) is 0 Å². The average molecular weight is 423 g/mol. The molecule has 0 N–H and O–H groups in total. The molecule has 2 rings (SSSR count). The van der Waals surface area contributed by atoms with Gasteiger partial charge in [0.15, 0.2) is 0 Å². The molecule has 2 aromatic rings.